The van der Waals surface area contributed by atoms with Crippen molar-refractivity contribution < 1.29 is 27.6 Å². The number of alkyl halides is 3. The number of halogens is 3. The van der Waals surface area contributed by atoms with E-state index >= 15 is 0 Å². The van der Waals surface area contributed by atoms with Gasteiger partial charge in [0.15, 0.2) is 5.78 Å². The summed E-state index contributed by atoms with van der Waals surface area (Å²) in [6.45, 7) is 0.336. The van der Waals surface area contributed by atoms with E-state index in [9.17, 15) is 23.0 Å². The maximum absolute atomic E-state index is 12.3. The molecule has 1 aliphatic rings. The fourth-order valence-corrected chi connectivity index (χ4v) is 3.04. The van der Waals surface area contributed by atoms with E-state index in [2.05, 4.69) is 0 Å². The van der Waals surface area contributed by atoms with Gasteiger partial charge in [-0.3, -0.25) is 4.79 Å². The molecule has 3 rings (SSSR count). The molecule has 0 fully saturated rings. The van der Waals surface area contributed by atoms with Crippen LogP contribution in [0, 0.1) is 0 Å². The number of Topliss-reactive ketones (excluding diaryl/α,β-unsaturated/α-hetero) is 1. The van der Waals surface area contributed by atoms with Crippen LogP contribution < -0.4 is 5.46 Å². The zero-order chi connectivity index (χ0) is 17.3. The van der Waals surface area contributed by atoms with Gasteiger partial charge >= 0.3 is 12.6 Å². The van der Waals surface area contributed by atoms with Gasteiger partial charge in [0.25, 0.3) is 0 Å². The van der Waals surface area contributed by atoms with Crippen LogP contribution in [0.1, 0.15) is 21.5 Å². The van der Waals surface area contributed by atoms with Crippen molar-refractivity contribution in [2.45, 2.75) is 23.4 Å². The van der Waals surface area contributed by atoms with Crippen LogP contribution in [0.25, 0.3) is 0 Å². The van der Waals surface area contributed by atoms with Crippen LogP contribution in [0.2, 0.25) is 0 Å². The summed E-state index contributed by atoms with van der Waals surface area (Å²) in [7, 11) is -0.978. The first-order valence-electron chi connectivity index (χ1n) is 7.12. The van der Waals surface area contributed by atoms with Gasteiger partial charge in [-0.1, -0.05) is 30.3 Å². The summed E-state index contributed by atoms with van der Waals surface area (Å²) < 4.78 is 42.0. The zero-order valence-electron chi connectivity index (χ0n) is 12.3. The van der Waals surface area contributed by atoms with E-state index in [1.165, 1.54) is 24.3 Å². The third-order valence-electron chi connectivity index (χ3n) is 3.65. The fourth-order valence-electron chi connectivity index (χ4n) is 2.50. The number of carbonyl (C=O) groups excluding carboxylic acids is 1. The molecule has 0 aromatic heterocycles. The molecule has 0 bridgehead atoms. The second kappa shape index (κ2) is 6.62. The molecule has 1 N–H and O–H groups in total. The fraction of sp³-hybridized carbons (Fsp3) is 0.188. The Kier molecular flexibility index (Phi) is 4.71. The van der Waals surface area contributed by atoms with Gasteiger partial charge in [-0.15, -0.1) is 0 Å². The van der Waals surface area contributed by atoms with Crippen molar-refractivity contribution in [2.24, 2.45) is 0 Å². The van der Waals surface area contributed by atoms with Gasteiger partial charge < -0.3 is 9.68 Å². The highest BCUT2D eigenvalue weighted by molar-refractivity contribution is 8.00. The number of thioether (sulfide) groups is 1. The first-order valence-corrected chi connectivity index (χ1v) is 7.94. The first kappa shape index (κ1) is 17.1. The van der Waals surface area contributed by atoms with E-state index in [1.54, 1.807) is 18.2 Å². The van der Waals surface area contributed by atoms with Crippen molar-refractivity contribution in [3.05, 3.63) is 59.2 Å². The Bertz CT molecular complexity index is 762. The number of ketones is 1. The minimum atomic E-state index is -4.35. The van der Waals surface area contributed by atoms with E-state index in [0.29, 0.717) is 17.6 Å². The first-order chi connectivity index (χ1) is 11.3. The molecule has 8 heteroatoms. The van der Waals surface area contributed by atoms with Crippen molar-refractivity contribution in [3.63, 3.8) is 0 Å². The Morgan fingerprint density at radius 3 is 2.58 bits per heavy atom. The molecule has 2 aromatic rings. The number of rotatable bonds is 4. The molecular formula is C16H12BF3O3S. The van der Waals surface area contributed by atoms with Crippen LogP contribution >= 0.6 is 11.8 Å². The number of hydrogen-bond acceptors (Lipinski definition) is 4. The molecule has 0 aliphatic carbocycles. The van der Waals surface area contributed by atoms with Gasteiger partial charge in [0.2, 0.25) is 0 Å². The highest BCUT2D eigenvalue weighted by Gasteiger charge is 2.29. The van der Waals surface area contributed by atoms with E-state index in [4.69, 9.17) is 4.65 Å². The molecule has 0 amide bonds. The predicted octanol–water partition coefficient (Wildman–Crippen LogP) is 2.94. The van der Waals surface area contributed by atoms with Gasteiger partial charge in [0.1, 0.15) is 0 Å². The molecule has 3 nitrogen and oxygen atoms in total. The Balaban J connectivity index is 1.70. The second-order valence-electron chi connectivity index (χ2n) is 5.37. The summed E-state index contributed by atoms with van der Waals surface area (Å²) in [5.74, 6) is -0.202. The molecule has 0 atom stereocenters. The lowest BCUT2D eigenvalue weighted by atomic mass is 9.78. The molecule has 1 aliphatic heterocycles. The minimum absolute atomic E-state index is 0.0388. The SMILES string of the molecule is O=C(Cc1ccc2c(c1)B(O)OC2)c1ccc(SC(F)(F)F)cc1. The van der Waals surface area contributed by atoms with E-state index < -0.39 is 12.6 Å². The van der Waals surface area contributed by atoms with Crippen molar-refractivity contribution in [3.8, 4) is 0 Å². The molecule has 2 aromatic carbocycles. The zero-order valence-corrected chi connectivity index (χ0v) is 13.2. The van der Waals surface area contributed by atoms with E-state index in [0.717, 1.165) is 11.1 Å². The Morgan fingerprint density at radius 1 is 1.21 bits per heavy atom. The molecular weight excluding hydrogens is 340 g/mol. The minimum Gasteiger partial charge on any atom is -0.423 e. The van der Waals surface area contributed by atoms with Gasteiger partial charge in [0.05, 0.1) is 6.61 Å². The van der Waals surface area contributed by atoms with Gasteiger partial charge in [-0.25, -0.2) is 0 Å². The summed E-state index contributed by atoms with van der Waals surface area (Å²) in [4.78, 5) is 12.3. The quantitative estimate of drug-likeness (QED) is 0.522. The Morgan fingerprint density at radius 2 is 1.92 bits per heavy atom. The standard InChI is InChI=1S/C16H12BF3O3S/c18-16(19,20)24-13-5-3-11(4-6-13)15(21)8-10-1-2-12-9-23-17(22)14(12)7-10/h1-7,22H,8-9H2. The average Bonchev–Trinajstić information content (AvgIpc) is 2.87. The van der Waals surface area contributed by atoms with Crippen LogP contribution in [0.4, 0.5) is 13.2 Å². The van der Waals surface area contributed by atoms with Gasteiger partial charge in [-0.2, -0.15) is 13.2 Å². The lowest BCUT2D eigenvalue weighted by molar-refractivity contribution is -0.0328. The summed E-state index contributed by atoms with van der Waals surface area (Å²) in [5, 5.41) is 9.68. The van der Waals surface area contributed by atoms with Crippen molar-refractivity contribution in [2.75, 3.05) is 0 Å². The smallest absolute Gasteiger partial charge is 0.423 e. The monoisotopic (exact) mass is 352 g/mol. The second-order valence-corrected chi connectivity index (χ2v) is 6.51. The maximum atomic E-state index is 12.3. The van der Waals surface area contributed by atoms with Crippen LogP contribution in [-0.4, -0.2) is 23.4 Å². The largest absolute Gasteiger partial charge is 0.491 e. The van der Waals surface area contributed by atoms with Crippen molar-refractivity contribution in [1.82, 2.24) is 0 Å². The highest BCUT2D eigenvalue weighted by Crippen LogP contribution is 2.36. The molecule has 124 valence electrons. The van der Waals surface area contributed by atoms with Crippen molar-refractivity contribution in [1.29, 1.82) is 0 Å². The molecule has 1 heterocycles. The van der Waals surface area contributed by atoms with Gasteiger partial charge in [-0.05, 0) is 40.5 Å². The third-order valence-corrected chi connectivity index (χ3v) is 4.39. The lowest BCUT2D eigenvalue weighted by Crippen LogP contribution is -2.28. The topological polar surface area (TPSA) is 46.5 Å². The van der Waals surface area contributed by atoms with E-state index in [-0.39, 0.29) is 28.9 Å². The Hall–Kier alpha value is -1.77. The van der Waals surface area contributed by atoms with Crippen LogP contribution in [-0.2, 0) is 17.7 Å². The van der Waals surface area contributed by atoms with Crippen LogP contribution in [0.5, 0.6) is 0 Å². The summed E-state index contributed by atoms with van der Waals surface area (Å²) >= 11 is -0.214. The summed E-state index contributed by atoms with van der Waals surface area (Å²) in [5.41, 5.74) is -1.75. The molecule has 0 saturated heterocycles. The van der Waals surface area contributed by atoms with Crippen LogP contribution in [0.15, 0.2) is 47.4 Å². The normalized spacial score (nSPS) is 13.9. The Labute approximate surface area is 141 Å². The predicted molar refractivity (Wildman–Crippen MR) is 85.2 cm³/mol. The third kappa shape index (κ3) is 4.01. The number of benzene rings is 2. The van der Waals surface area contributed by atoms with E-state index in [1.807, 2.05) is 0 Å². The van der Waals surface area contributed by atoms with Crippen molar-refractivity contribution >= 4 is 30.1 Å². The molecule has 24 heavy (non-hydrogen) atoms. The molecule has 0 unspecified atom stereocenters. The number of hydrogen-bond donors (Lipinski definition) is 1. The summed E-state index contributed by atoms with van der Waals surface area (Å²) in [6.07, 6.45) is 0.103. The lowest BCUT2D eigenvalue weighted by Gasteiger charge is -2.07. The van der Waals surface area contributed by atoms with Crippen LogP contribution in [0.3, 0.4) is 0 Å². The average molecular weight is 352 g/mol. The number of carbonyl (C=O) groups is 1. The molecule has 0 spiro atoms. The highest BCUT2D eigenvalue weighted by atomic mass is 32.2. The molecule has 0 radical (unpaired) electrons. The maximum Gasteiger partial charge on any atom is 0.491 e. The van der Waals surface area contributed by atoms with Gasteiger partial charge in [0, 0.05) is 16.9 Å². The number of fused-ring (bicyclic) bond motifs is 1. The summed E-state index contributed by atoms with van der Waals surface area (Å²) in [6, 6.07) is 10.7. The molecule has 0 saturated carbocycles.